The molecule has 6 heteroatoms. The normalized spacial score (nSPS) is 23.5. The van der Waals surface area contributed by atoms with Crippen LogP contribution in [0, 0.1) is 4.77 Å². The summed E-state index contributed by atoms with van der Waals surface area (Å²) in [5.41, 5.74) is 1.17. The van der Waals surface area contributed by atoms with Gasteiger partial charge in [-0.2, -0.15) is 0 Å². The van der Waals surface area contributed by atoms with Crippen LogP contribution in [0.5, 0.6) is 0 Å². The number of nitrogens with zero attached hydrogens (tertiary/aromatic N) is 4. The maximum atomic E-state index is 5.70. The second-order valence-electron chi connectivity index (χ2n) is 6.25. The molecule has 0 radical (unpaired) electrons. The summed E-state index contributed by atoms with van der Waals surface area (Å²) in [6.45, 7) is 5.42. The second-order valence-corrected chi connectivity index (χ2v) is 7.63. The lowest BCUT2D eigenvalue weighted by Crippen LogP contribution is -2.44. The molecule has 1 aliphatic heterocycles. The zero-order valence-corrected chi connectivity index (χ0v) is 14.5. The molecule has 2 atom stereocenters. The van der Waals surface area contributed by atoms with E-state index in [1.807, 2.05) is 4.68 Å². The van der Waals surface area contributed by atoms with Gasteiger partial charge in [0.05, 0.1) is 16.9 Å². The fraction of sp³-hybridized carbons (Fsp3) is 0.500. The molecular weight excluding hydrogens is 312 g/mol. The summed E-state index contributed by atoms with van der Waals surface area (Å²) in [6, 6.07) is 9.56. The Morgan fingerprint density at radius 1 is 1.23 bits per heavy atom. The first-order valence-electron chi connectivity index (χ1n) is 7.88. The van der Waals surface area contributed by atoms with Crippen LogP contribution in [0.1, 0.15) is 33.1 Å². The van der Waals surface area contributed by atoms with E-state index in [9.17, 15) is 0 Å². The number of likely N-dealkylation sites (tertiary alicyclic amines) is 1. The fourth-order valence-electron chi connectivity index (χ4n) is 3.49. The number of thiazole rings is 1. The van der Waals surface area contributed by atoms with Crippen LogP contribution < -0.4 is 0 Å². The smallest absolute Gasteiger partial charge is 0.216 e. The quantitative estimate of drug-likeness (QED) is 0.654. The highest BCUT2D eigenvalue weighted by molar-refractivity contribution is 7.71. The minimum atomic E-state index is 0.599. The van der Waals surface area contributed by atoms with Gasteiger partial charge in [-0.1, -0.05) is 29.9 Å². The van der Waals surface area contributed by atoms with Crippen molar-refractivity contribution in [3.63, 3.8) is 0 Å². The lowest BCUT2D eigenvalue weighted by molar-refractivity contribution is 0.0637. The van der Waals surface area contributed by atoms with E-state index in [4.69, 9.17) is 17.3 Å². The summed E-state index contributed by atoms with van der Waals surface area (Å²) < 4.78 is 6.14. The minimum absolute atomic E-state index is 0.599. The third kappa shape index (κ3) is 2.21. The maximum absolute atomic E-state index is 5.70. The summed E-state index contributed by atoms with van der Waals surface area (Å²) in [5, 5.41) is 4.76. The van der Waals surface area contributed by atoms with Gasteiger partial charge >= 0.3 is 0 Å². The second kappa shape index (κ2) is 5.44. The standard InChI is InChI=1S/C16H20N4S2/c1-11-6-5-7-12(2)18(11)10-19-16(21)20-13-8-3-4-9-14(13)22-15(20)17-19/h3-4,8-9,11-12H,5-7,10H2,1-2H3/t11-,12-/m1/s1. The molecule has 0 saturated carbocycles. The maximum Gasteiger partial charge on any atom is 0.216 e. The van der Waals surface area contributed by atoms with Crippen LogP contribution in [0.3, 0.4) is 0 Å². The first-order chi connectivity index (χ1) is 10.6. The summed E-state index contributed by atoms with van der Waals surface area (Å²) in [5.74, 6) is 0. The van der Waals surface area contributed by atoms with Crippen molar-refractivity contribution in [2.45, 2.75) is 51.9 Å². The molecule has 0 amide bonds. The van der Waals surface area contributed by atoms with E-state index in [1.165, 1.54) is 29.5 Å². The largest absolute Gasteiger partial charge is 0.279 e. The predicted molar refractivity (Wildman–Crippen MR) is 94.0 cm³/mol. The molecule has 0 N–H and O–H groups in total. The number of benzene rings is 1. The van der Waals surface area contributed by atoms with E-state index < -0.39 is 0 Å². The van der Waals surface area contributed by atoms with Crippen molar-refractivity contribution in [1.82, 2.24) is 19.1 Å². The molecule has 1 fully saturated rings. The molecule has 1 aliphatic rings. The van der Waals surface area contributed by atoms with Crippen molar-refractivity contribution in [3.05, 3.63) is 29.0 Å². The van der Waals surface area contributed by atoms with Gasteiger partial charge in [0.1, 0.15) is 0 Å². The third-order valence-corrected chi connectivity index (χ3v) is 6.20. The number of aromatic nitrogens is 3. The van der Waals surface area contributed by atoms with Crippen molar-refractivity contribution in [2.24, 2.45) is 0 Å². The van der Waals surface area contributed by atoms with Crippen molar-refractivity contribution in [3.8, 4) is 0 Å². The molecule has 1 saturated heterocycles. The zero-order valence-electron chi connectivity index (χ0n) is 12.9. The average molecular weight is 332 g/mol. The van der Waals surface area contributed by atoms with Crippen molar-refractivity contribution in [1.29, 1.82) is 0 Å². The molecule has 116 valence electrons. The lowest BCUT2D eigenvalue weighted by Gasteiger charge is -2.38. The monoisotopic (exact) mass is 332 g/mol. The van der Waals surface area contributed by atoms with Crippen LogP contribution >= 0.6 is 23.6 Å². The van der Waals surface area contributed by atoms with Gasteiger partial charge in [-0.05, 0) is 51.0 Å². The molecule has 0 bridgehead atoms. The van der Waals surface area contributed by atoms with E-state index in [0.29, 0.717) is 12.1 Å². The van der Waals surface area contributed by atoms with E-state index >= 15 is 0 Å². The molecule has 2 aromatic heterocycles. The van der Waals surface area contributed by atoms with Crippen LogP contribution in [-0.4, -0.2) is 31.2 Å². The summed E-state index contributed by atoms with van der Waals surface area (Å²) in [6.07, 6.45) is 3.86. The minimum Gasteiger partial charge on any atom is -0.279 e. The van der Waals surface area contributed by atoms with Gasteiger partial charge in [-0.15, -0.1) is 5.10 Å². The van der Waals surface area contributed by atoms with Crippen LogP contribution in [-0.2, 0) is 6.67 Å². The third-order valence-electron chi connectivity index (χ3n) is 4.79. The van der Waals surface area contributed by atoms with Crippen LogP contribution in [0.15, 0.2) is 24.3 Å². The van der Waals surface area contributed by atoms with Gasteiger partial charge in [0.15, 0.2) is 0 Å². The highest BCUT2D eigenvalue weighted by Gasteiger charge is 2.25. The number of hydrogen-bond acceptors (Lipinski definition) is 4. The van der Waals surface area contributed by atoms with Crippen LogP contribution in [0.2, 0.25) is 0 Å². The Kier molecular flexibility index (Phi) is 3.55. The van der Waals surface area contributed by atoms with Crippen molar-refractivity contribution < 1.29 is 0 Å². The Morgan fingerprint density at radius 2 is 1.95 bits per heavy atom. The van der Waals surface area contributed by atoms with E-state index in [1.54, 1.807) is 11.3 Å². The molecule has 4 nitrogen and oxygen atoms in total. The Balaban J connectivity index is 1.76. The van der Waals surface area contributed by atoms with E-state index in [0.717, 1.165) is 16.4 Å². The Bertz CT molecular complexity index is 865. The van der Waals surface area contributed by atoms with Crippen LogP contribution in [0.4, 0.5) is 0 Å². The molecule has 0 unspecified atom stereocenters. The highest BCUT2D eigenvalue weighted by Crippen LogP contribution is 2.27. The van der Waals surface area contributed by atoms with Gasteiger partial charge in [-0.3, -0.25) is 9.30 Å². The fourth-order valence-corrected chi connectivity index (χ4v) is 4.85. The summed E-state index contributed by atoms with van der Waals surface area (Å²) in [7, 11) is 0. The topological polar surface area (TPSA) is 25.5 Å². The average Bonchev–Trinajstić information content (AvgIpc) is 3.00. The molecule has 0 aliphatic carbocycles. The molecule has 22 heavy (non-hydrogen) atoms. The van der Waals surface area contributed by atoms with Gasteiger partial charge in [0.25, 0.3) is 0 Å². The predicted octanol–water partition coefficient (Wildman–Crippen LogP) is 4.30. The van der Waals surface area contributed by atoms with E-state index in [-0.39, 0.29) is 0 Å². The number of piperidine rings is 1. The Hall–Kier alpha value is -1.24. The summed E-state index contributed by atoms with van der Waals surface area (Å²) >= 11 is 7.40. The van der Waals surface area contributed by atoms with Gasteiger partial charge in [-0.25, -0.2) is 4.68 Å². The first-order valence-corrected chi connectivity index (χ1v) is 9.10. The summed E-state index contributed by atoms with van der Waals surface area (Å²) in [4.78, 5) is 3.52. The van der Waals surface area contributed by atoms with Crippen molar-refractivity contribution in [2.75, 3.05) is 0 Å². The number of rotatable bonds is 2. The first kappa shape index (κ1) is 14.4. The van der Waals surface area contributed by atoms with E-state index in [2.05, 4.69) is 47.4 Å². The number of para-hydroxylation sites is 1. The van der Waals surface area contributed by atoms with Crippen LogP contribution in [0.25, 0.3) is 15.2 Å². The molecule has 4 rings (SSSR count). The molecular formula is C16H20N4S2. The van der Waals surface area contributed by atoms with Gasteiger partial charge < -0.3 is 0 Å². The van der Waals surface area contributed by atoms with Crippen molar-refractivity contribution >= 4 is 38.7 Å². The molecule has 0 spiro atoms. The van der Waals surface area contributed by atoms with Gasteiger partial charge in [0.2, 0.25) is 9.73 Å². The van der Waals surface area contributed by atoms with Gasteiger partial charge in [0, 0.05) is 12.1 Å². The molecule has 3 aromatic rings. The SMILES string of the molecule is C[C@@H]1CCC[C@@H](C)N1Cn1nc2sc3ccccc3n2c1=S. The molecule has 1 aromatic carbocycles. The molecule has 3 heterocycles. The highest BCUT2D eigenvalue weighted by atomic mass is 32.1. The zero-order chi connectivity index (χ0) is 15.3. The Labute approximate surface area is 139 Å². The lowest BCUT2D eigenvalue weighted by atomic mass is 9.98. The Morgan fingerprint density at radius 3 is 2.73 bits per heavy atom. The number of hydrogen-bond donors (Lipinski definition) is 0. The number of fused-ring (bicyclic) bond motifs is 3.